The summed E-state index contributed by atoms with van der Waals surface area (Å²) >= 11 is 0. The molecular weight excluding hydrogens is 395 g/mol. The van der Waals surface area contributed by atoms with Crippen molar-refractivity contribution in [2.45, 2.75) is 43.7 Å². The Bertz CT molecular complexity index is 994. The molecule has 0 saturated carbocycles. The average Bonchev–Trinajstić information content (AvgIpc) is 2.86. The highest BCUT2D eigenvalue weighted by Crippen LogP contribution is 2.21. The molecule has 29 heavy (non-hydrogen) atoms. The number of hydrogen-bond acceptors (Lipinski definition) is 4. The van der Waals surface area contributed by atoms with Crippen molar-refractivity contribution >= 4 is 15.9 Å². The molecule has 1 atom stereocenters. The standard InChI is InChI=1S/C21H25FN2O4S/c1-15-6-7-17(22)13-20(15)29(26,27)23-18-8-9-21(25)24(11-10-18)14-16-4-3-5-19(12-16)28-2/h3-7,12-13,18,23H,8-11,14H2,1-2H3. The molecule has 0 spiro atoms. The zero-order valence-corrected chi connectivity index (χ0v) is 17.3. The molecule has 0 aromatic heterocycles. The molecular formula is C21H25FN2O4S. The number of carbonyl (C=O) groups excluding carboxylic acids is 1. The van der Waals surface area contributed by atoms with Gasteiger partial charge in [0, 0.05) is 25.6 Å². The molecule has 1 heterocycles. The van der Waals surface area contributed by atoms with Crippen LogP contribution in [0.4, 0.5) is 4.39 Å². The van der Waals surface area contributed by atoms with Gasteiger partial charge < -0.3 is 9.64 Å². The van der Waals surface area contributed by atoms with Gasteiger partial charge >= 0.3 is 0 Å². The zero-order chi connectivity index (χ0) is 21.0. The molecule has 6 nitrogen and oxygen atoms in total. The number of amides is 1. The first-order valence-corrected chi connectivity index (χ1v) is 11.0. The number of methoxy groups -OCH3 is 1. The molecule has 8 heteroatoms. The van der Waals surface area contributed by atoms with E-state index in [1.54, 1.807) is 18.9 Å². The maximum Gasteiger partial charge on any atom is 0.241 e. The van der Waals surface area contributed by atoms with Gasteiger partial charge in [-0.15, -0.1) is 0 Å². The van der Waals surface area contributed by atoms with Crippen LogP contribution in [0, 0.1) is 12.7 Å². The van der Waals surface area contributed by atoms with E-state index in [0.717, 1.165) is 17.4 Å². The van der Waals surface area contributed by atoms with Gasteiger partial charge in [-0.25, -0.2) is 17.5 Å². The van der Waals surface area contributed by atoms with Gasteiger partial charge in [0.25, 0.3) is 0 Å². The first kappa shape index (κ1) is 21.3. The molecule has 2 aromatic carbocycles. The van der Waals surface area contributed by atoms with Crippen LogP contribution in [-0.4, -0.2) is 38.9 Å². The number of rotatable bonds is 6. The van der Waals surface area contributed by atoms with Gasteiger partial charge in [0.2, 0.25) is 15.9 Å². The lowest BCUT2D eigenvalue weighted by molar-refractivity contribution is -0.131. The molecule has 0 aliphatic carbocycles. The van der Waals surface area contributed by atoms with Crippen molar-refractivity contribution in [3.8, 4) is 5.75 Å². The number of likely N-dealkylation sites (tertiary alicyclic amines) is 1. The topological polar surface area (TPSA) is 75.7 Å². The molecule has 1 fully saturated rings. The fourth-order valence-corrected chi connectivity index (χ4v) is 5.02. The molecule has 1 unspecified atom stereocenters. The summed E-state index contributed by atoms with van der Waals surface area (Å²) in [5.41, 5.74) is 1.43. The third-order valence-corrected chi connectivity index (χ3v) is 6.74. The van der Waals surface area contributed by atoms with E-state index in [1.165, 1.54) is 12.1 Å². The second-order valence-corrected chi connectivity index (χ2v) is 8.90. The van der Waals surface area contributed by atoms with Crippen molar-refractivity contribution < 1.29 is 22.3 Å². The molecule has 1 saturated heterocycles. The molecule has 1 aliphatic heterocycles. The first-order valence-electron chi connectivity index (χ1n) is 9.47. The van der Waals surface area contributed by atoms with E-state index in [-0.39, 0.29) is 23.3 Å². The van der Waals surface area contributed by atoms with Crippen molar-refractivity contribution in [3.05, 3.63) is 59.4 Å². The second kappa shape index (κ2) is 8.92. The Labute approximate surface area is 170 Å². The SMILES string of the molecule is COc1cccc(CN2CCC(NS(=O)(=O)c3cc(F)ccc3C)CCC2=O)c1. The van der Waals surface area contributed by atoms with Crippen molar-refractivity contribution in [1.29, 1.82) is 0 Å². The number of benzene rings is 2. The number of sulfonamides is 1. The van der Waals surface area contributed by atoms with Gasteiger partial charge in [0.15, 0.2) is 0 Å². The van der Waals surface area contributed by atoms with Gasteiger partial charge in [0.1, 0.15) is 11.6 Å². The van der Waals surface area contributed by atoms with Crippen LogP contribution in [-0.2, 0) is 21.4 Å². The van der Waals surface area contributed by atoms with Gasteiger partial charge in [0.05, 0.1) is 12.0 Å². The summed E-state index contributed by atoms with van der Waals surface area (Å²) in [6.07, 6.45) is 1.14. The Morgan fingerprint density at radius 1 is 1.21 bits per heavy atom. The molecule has 1 aliphatic rings. The maximum atomic E-state index is 13.5. The normalized spacial score (nSPS) is 17.8. The first-order chi connectivity index (χ1) is 13.8. The molecule has 1 N–H and O–H groups in total. The number of nitrogens with one attached hydrogen (secondary N) is 1. The molecule has 0 radical (unpaired) electrons. The van der Waals surface area contributed by atoms with E-state index in [2.05, 4.69) is 4.72 Å². The summed E-state index contributed by atoms with van der Waals surface area (Å²) < 4.78 is 46.8. The highest BCUT2D eigenvalue weighted by Gasteiger charge is 2.27. The van der Waals surface area contributed by atoms with E-state index < -0.39 is 15.8 Å². The lowest BCUT2D eigenvalue weighted by atomic mass is 10.1. The van der Waals surface area contributed by atoms with Crippen LogP contribution in [0.25, 0.3) is 0 Å². The Hall–Kier alpha value is -2.45. The molecule has 3 rings (SSSR count). The lowest BCUT2D eigenvalue weighted by Crippen LogP contribution is -2.36. The Morgan fingerprint density at radius 2 is 2.00 bits per heavy atom. The minimum Gasteiger partial charge on any atom is -0.497 e. The molecule has 2 aromatic rings. The summed E-state index contributed by atoms with van der Waals surface area (Å²) in [7, 11) is -2.28. The number of nitrogens with zero attached hydrogens (tertiary/aromatic N) is 1. The minimum atomic E-state index is -3.87. The van der Waals surface area contributed by atoms with E-state index in [0.29, 0.717) is 31.5 Å². The van der Waals surface area contributed by atoms with Crippen molar-refractivity contribution in [3.63, 3.8) is 0 Å². The van der Waals surface area contributed by atoms with Crippen LogP contribution in [0.15, 0.2) is 47.4 Å². The molecule has 1 amide bonds. The molecule has 0 bridgehead atoms. The number of carbonyl (C=O) groups is 1. The lowest BCUT2D eigenvalue weighted by Gasteiger charge is -2.21. The van der Waals surface area contributed by atoms with Crippen LogP contribution in [0.1, 0.15) is 30.4 Å². The third kappa shape index (κ3) is 5.33. The quantitative estimate of drug-likeness (QED) is 0.780. The monoisotopic (exact) mass is 420 g/mol. The summed E-state index contributed by atoms with van der Waals surface area (Å²) in [6, 6.07) is 10.8. The largest absolute Gasteiger partial charge is 0.497 e. The minimum absolute atomic E-state index is 0.0172. The maximum absolute atomic E-state index is 13.5. The zero-order valence-electron chi connectivity index (χ0n) is 16.5. The van der Waals surface area contributed by atoms with Crippen LogP contribution < -0.4 is 9.46 Å². The Balaban J connectivity index is 1.68. The van der Waals surface area contributed by atoms with E-state index >= 15 is 0 Å². The van der Waals surface area contributed by atoms with Crippen LogP contribution >= 0.6 is 0 Å². The number of hydrogen-bond donors (Lipinski definition) is 1. The molecule has 156 valence electrons. The summed E-state index contributed by atoms with van der Waals surface area (Å²) in [4.78, 5) is 14.2. The highest BCUT2D eigenvalue weighted by molar-refractivity contribution is 7.89. The van der Waals surface area contributed by atoms with Crippen LogP contribution in [0.5, 0.6) is 5.75 Å². The van der Waals surface area contributed by atoms with Gasteiger partial charge in [-0.1, -0.05) is 18.2 Å². The van der Waals surface area contributed by atoms with Crippen molar-refractivity contribution in [1.82, 2.24) is 9.62 Å². The fourth-order valence-electron chi connectivity index (χ4n) is 3.46. The second-order valence-electron chi connectivity index (χ2n) is 7.22. The Morgan fingerprint density at radius 3 is 2.76 bits per heavy atom. The third-order valence-electron chi connectivity index (χ3n) is 5.08. The Kier molecular flexibility index (Phi) is 6.54. The van der Waals surface area contributed by atoms with Crippen molar-refractivity contribution in [2.75, 3.05) is 13.7 Å². The predicted molar refractivity (Wildman–Crippen MR) is 108 cm³/mol. The fraction of sp³-hybridized carbons (Fsp3) is 0.381. The number of halogens is 1. The predicted octanol–water partition coefficient (Wildman–Crippen LogP) is 3.00. The van der Waals surface area contributed by atoms with Gasteiger partial charge in [-0.3, -0.25) is 4.79 Å². The van der Waals surface area contributed by atoms with E-state index in [4.69, 9.17) is 4.74 Å². The number of aryl methyl sites for hydroxylation is 1. The van der Waals surface area contributed by atoms with Crippen LogP contribution in [0.2, 0.25) is 0 Å². The smallest absolute Gasteiger partial charge is 0.241 e. The summed E-state index contributed by atoms with van der Waals surface area (Å²) in [6.45, 7) is 2.50. The number of ether oxygens (including phenoxy) is 1. The van der Waals surface area contributed by atoms with E-state index in [9.17, 15) is 17.6 Å². The van der Waals surface area contributed by atoms with Crippen LogP contribution in [0.3, 0.4) is 0 Å². The van der Waals surface area contributed by atoms with Gasteiger partial charge in [-0.2, -0.15) is 0 Å². The average molecular weight is 421 g/mol. The summed E-state index contributed by atoms with van der Waals surface area (Å²) in [5, 5.41) is 0. The highest BCUT2D eigenvalue weighted by atomic mass is 32.2. The van der Waals surface area contributed by atoms with Crippen molar-refractivity contribution in [2.24, 2.45) is 0 Å². The van der Waals surface area contributed by atoms with Gasteiger partial charge in [-0.05, 0) is 55.2 Å². The summed E-state index contributed by atoms with van der Waals surface area (Å²) in [5.74, 6) is 0.105. The van der Waals surface area contributed by atoms with E-state index in [1.807, 2.05) is 24.3 Å².